The maximum atomic E-state index is 12.6. The number of rotatable bonds is 9. The van der Waals surface area contributed by atoms with Crippen LogP contribution >= 0.6 is 0 Å². The zero-order valence-electron chi connectivity index (χ0n) is 14.4. The highest BCUT2D eigenvalue weighted by Crippen LogP contribution is 2.19. The van der Waals surface area contributed by atoms with Crippen molar-refractivity contribution in [3.05, 3.63) is 39.9 Å². The van der Waals surface area contributed by atoms with E-state index < -0.39 is 10.8 Å². The summed E-state index contributed by atoms with van der Waals surface area (Å²) in [5, 5.41) is 11.1. The van der Waals surface area contributed by atoms with Gasteiger partial charge in [0.1, 0.15) is 0 Å². The third kappa shape index (κ3) is 5.64. The van der Waals surface area contributed by atoms with E-state index in [2.05, 4.69) is 0 Å². The number of ether oxygens (including phenoxy) is 1. The second-order valence-corrected chi connectivity index (χ2v) is 5.68. The van der Waals surface area contributed by atoms with Crippen LogP contribution in [0.2, 0.25) is 0 Å². The van der Waals surface area contributed by atoms with Crippen molar-refractivity contribution >= 4 is 17.6 Å². The summed E-state index contributed by atoms with van der Waals surface area (Å²) in [4.78, 5) is 36.4. The Labute approximate surface area is 141 Å². The van der Waals surface area contributed by atoms with Gasteiger partial charge in [-0.2, -0.15) is 0 Å². The molecule has 1 amide bonds. The van der Waals surface area contributed by atoms with Gasteiger partial charge < -0.3 is 9.64 Å². The third-order valence-electron chi connectivity index (χ3n) is 3.76. The predicted octanol–water partition coefficient (Wildman–Crippen LogP) is 2.58. The molecule has 0 saturated heterocycles. The summed E-state index contributed by atoms with van der Waals surface area (Å²) in [6.45, 7) is 4.46. The number of nitrogens with zero attached hydrogens (tertiary/aromatic N) is 2. The Balaban J connectivity index is 2.88. The van der Waals surface area contributed by atoms with E-state index in [9.17, 15) is 19.7 Å². The Bertz CT molecular complexity index is 588. The summed E-state index contributed by atoms with van der Waals surface area (Å²) in [6, 6.07) is 6.21. The Morgan fingerprint density at radius 1 is 1.33 bits per heavy atom. The molecule has 0 heterocycles. The summed E-state index contributed by atoms with van der Waals surface area (Å²) >= 11 is 0. The van der Waals surface area contributed by atoms with Crippen LogP contribution < -0.4 is 0 Å². The fourth-order valence-electron chi connectivity index (χ4n) is 2.39. The normalized spacial score (nSPS) is 11.6. The largest absolute Gasteiger partial charge is 0.469 e. The maximum absolute atomic E-state index is 12.6. The molecule has 7 nitrogen and oxygen atoms in total. The van der Waals surface area contributed by atoms with Crippen LogP contribution in [0, 0.1) is 16.0 Å². The second-order valence-electron chi connectivity index (χ2n) is 5.68. The van der Waals surface area contributed by atoms with Crippen LogP contribution in [0.15, 0.2) is 24.3 Å². The maximum Gasteiger partial charge on any atom is 0.310 e. The molecule has 1 aromatic rings. The Morgan fingerprint density at radius 3 is 2.58 bits per heavy atom. The number of benzene rings is 1. The number of esters is 1. The van der Waals surface area contributed by atoms with Crippen molar-refractivity contribution in [1.82, 2.24) is 4.90 Å². The standard InChI is InChI=1S/C17H24N2O5/c1-4-5-10-18(12-13(2)17(21)24-3)16(20)11-14-8-6-7-9-15(14)19(22)23/h6-9,13H,4-5,10-12H2,1-3H3. The monoisotopic (exact) mass is 336 g/mol. The van der Waals surface area contributed by atoms with E-state index in [-0.39, 0.29) is 30.5 Å². The van der Waals surface area contributed by atoms with Crippen LogP contribution in [0.1, 0.15) is 32.3 Å². The van der Waals surface area contributed by atoms with Gasteiger partial charge in [0, 0.05) is 24.7 Å². The number of para-hydroxylation sites is 1. The van der Waals surface area contributed by atoms with Gasteiger partial charge >= 0.3 is 5.97 Å². The highest BCUT2D eigenvalue weighted by atomic mass is 16.6. The number of methoxy groups -OCH3 is 1. The molecular formula is C17H24N2O5. The fourth-order valence-corrected chi connectivity index (χ4v) is 2.39. The quantitative estimate of drug-likeness (QED) is 0.393. The first kappa shape index (κ1) is 19.6. The first-order valence-corrected chi connectivity index (χ1v) is 7.98. The summed E-state index contributed by atoms with van der Waals surface area (Å²) in [7, 11) is 1.31. The number of hydrogen-bond acceptors (Lipinski definition) is 5. The van der Waals surface area contributed by atoms with Crippen molar-refractivity contribution in [2.75, 3.05) is 20.2 Å². The minimum atomic E-state index is -0.490. The smallest absolute Gasteiger partial charge is 0.310 e. The first-order chi connectivity index (χ1) is 11.4. The Hall–Kier alpha value is -2.44. The summed E-state index contributed by atoms with van der Waals surface area (Å²) in [5.41, 5.74) is 0.307. The number of unbranched alkanes of at least 4 members (excludes halogenated alkanes) is 1. The van der Waals surface area contributed by atoms with E-state index in [1.54, 1.807) is 30.0 Å². The van der Waals surface area contributed by atoms with Crippen LogP contribution in [-0.4, -0.2) is 41.9 Å². The lowest BCUT2D eigenvalue weighted by molar-refractivity contribution is -0.385. The molecule has 24 heavy (non-hydrogen) atoms. The van der Waals surface area contributed by atoms with Gasteiger partial charge in [-0.1, -0.05) is 38.5 Å². The second kappa shape index (κ2) is 9.64. The lowest BCUT2D eigenvalue weighted by Gasteiger charge is -2.25. The topological polar surface area (TPSA) is 89.8 Å². The zero-order chi connectivity index (χ0) is 18.1. The highest BCUT2D eigenvalue weighted by Gasteiger charge is 2.23. The zero-order valence-corrected chi connectivity index (χ0v) is 14.4. The third-order valence-corrected chi connectivity index (χ3v) is 3.76. The number of amides is 1. The highest BCUT2D eigenvalue weighted by molar-refractivity contribution is 5.81. The lowest BCUT2D eigenvalue weighted by atomic mass is 10.1. The average Bonchev–Trinajstić information content (AvgIpc) is 2.57. The Morgan fingerprint density at radius 2 is 2.00 bits per heavy atom. The van der Waals surface area contributed by atoms with Crippen LogP contribution in [0.5, 0.6) is 0 Å². The van der Waals surface area contributed by atoms with Gasteiger partial charge in [-0.3, -0.25) is 19.7 Å². The molecule has 1 unspecified atom stereocenters. The molecule has 0 aliphatic rings. The minimum absolute atomic E-state index is 0.0608. The molecule has 0 aromatic heterocycles. The summed E-state index contributed by atoms with van der Waals surface area (Å²) in [5.74, 6) is -1.05. The lowest BCUT2D eigenvalue weighted by Crippen LogP contribution is -2.38. The fraction of sp³-hybridized carbons (Fsp3) is 0.529. The molecule has 1 rings (SSSR count). The van der Waals surface area contributed by atoms with E-state index in [0.29, 0.717) is 12.1 Å². The molecule has 0 saturated carbocycles. The minimum Gasteiger partial charge on any atom is -0.469 e. The van der Waals surface area contributed by atoms with E-state index >= 15 is 0 Å². The number of nitro groups is 1. The van der Waals surface area contributed by atoms with Crippen molar-refractivity contribution in [1.29, 1.82) is 0 Å². The van der Waals surface area contributed by atoms with Crippen LogP contribution in [0.3, 0.4) is 0 Å². The number of carbonyl (C=O) groups is 2. The Kier molecular flexibility index (Phi) is 7.88. The van der Waals surface area contributed by atoms with Crippen molar-refractivity contribution in [3.8, 4) is 0 Å². The molecular weight excluding hydrogens is 312 g/mol. The van der Waals surface area contributed by atoms with E-state index in [4.69, 9.17) is 4.74 Å². The first-order valence-electron chi connectivity index (χ1n) is 7.98. The van der Waals surface area contributed by atoms with Crippen molar-refractivity contribution < 1.29 is 19.2 Å². The SMILES string of the molecule is CCCCN(CC(C)C(=O)OC)C(=O)Cc1ccccc1[N+](=O)[O-]. The summed E-state index contributed by atoms with van der Waals surface area (Å²) < 4.78 is 4.70. The molecule has 0 bridgehead atoms. The molecule has 0 aliphatic heterocycles. The summed E-state index contributed by atoms with van der Waals surface area (Å²) in [6.07, 6.45) is 1.65. The van der Waals surface area contributed by atoms with Crippen molar-refractivity contribution in [2.45, 2.75) is 33.1 Å². The molecule has 0 aliphatic carbocycles. The number of carbonyl (C=O) groups excluding carboxylic acids is 2. The molecule has 0 radical (unpaired) electrons. The average molecular weight is 336 g/mol. The van der Waals surface area contributed by atoms with Crippen LogP contribution in [0.4, 0.5) is 5.69 Å². The molecule has 0 N–H and O–H groups in total. The van der Waals surface area contributed by atoms with Gasteiger partial charge in [-0.25, -0.2) is 0 Å². The van der Waals surface area contributed by atoms with Gasteiger partial charge in [0.15, 0.2) is 0 Å². The molecule has 1 atom stereocenters. The van der Waals surface area contributed by atoms with Gasteiger partial charge in [0.25, 0.3) is 5.69 Å². The molecule has 0 fully saturated rings. The molecule has 0 spiro atoms. The van der Waals surface area contributed by atoms with Gasteiger partial charge in [-0.05, 0) is 6.42 Å². The van der Waals surface area contributed by atoms with Gasteiger partial charge in [0.2, 0.25) is 5.91 Å². The predicted molar refractivity (Wildman–Crippen MR) is 89.5 cm³/mol. The van der Waals surface area contributed by atoms with Crippen molar-refractivity contribution in [3.63, 3.8) is 0 Å². The molecule has 1 aromatic carbocycles. The van der Waals surface area contributed by atoms with Crippen LogP contribution in [-0.2, 0) is 20.7 Å². The van der Waals surface area contributed by atoms with E-state index in [1.807, 2.05) is 6.92 Å². The van der Waals surface area contributed by atoms with Gasteiger partial charge in [0.05, 0.1) is 24.4 Å². The molecule has 132 valence electrons. The number of hydrogen-bond donors (Lipinski definition) is 0. The van der Waals surface area contributed by atoms with E-state index in [0.717, 1.165) is 12.8 Å². The number of nitro benzene ring substituents is 1. The molecule has 7 heteroatoms. The van der Waals surface area contributed by atoms with Crippen LogP contribution in [0.25, 0.3) is 0 Å². The van der Waals surface area contributed by atoms with Gasteiger partial charge in [-0.15, -0.1) is 0 Å². The van der Waals surface area contributed by atoms with E-state index in [1.165, 1.54) is 13.2 Å². The van der Waals surface area contributed by atoms with Crippen molar-refractivity contribution in [2.24, 2.45) is 5.92 Å².